The van der Waals surface area contributed by atoms with Crippen molar-refractivity contribution >= 4 is 0 Å². The standard InChI is InChI=1S/C17H21N/c1-4-14-8-10-15(11-9-14)17(18)16-7-5-6-12(2)13(16)3/h5-11,17H,4,18H2,1-3H3. The van der Waals surface area contributed by atoms with Crippen molar-refractivity contribution in [3.05, 3.63) is 70.3 Å². The summed E-state index contributed by atoms with van der Waals surface area (Å²) < 4.78 is 0. The Kier molecular flexibility index (Phi) is 3.83. The number of hydrogen-bond acceptors (Lipinski definition) is 1. The number of nitrogens with two attached hydrogens (primary N) is 1. The van der Waals surface area contributed by atoms with E-state index in [2.05, 4.69) is 63.2 Å². The van der Waals surface area contributed by atoms with Crippen molar-refractivity contribution in [2.24, 2.45) is 5.73 Å². The summed E-state index contributed by atoms with van der Waals surface area (Å²) >= 11 is 0. The fraction of sp³-hybridized carbons (Fsp3) is 0.294. The van der Waals surface area contributed by atoms with E-state index >= 15 is 0 Å². The third kappa shape index (κ3) is 2.46. The van der Waals surface area contributed by atoms with Gasteiger partial charge in [0.1, 0.15) is 0 Å². The molecule has 1 heteroatoms. The molecule has 0 heterocycles. The van der Waals surface area contributed by atoms with E-state index in [0.29, 0.717) is 0 Å². The van der Waals surface area contributed by atoms with Gasteiger partial charge in [-0.1, -0.05) is 49.4 Å². The summed E-state index contributed by atoms with van der Waals surface area (Å²) in [5, 5.41) is 0. The van der Waals surface area contributed by atoms with E-state index < -0.39 is 0 Å². The van der Waals surface area contributed by atoms with Gasteiger partial charge in [0.2, 0.25) is 0 Å². The Labute approximate surface area is 110 Å². The van der Waals surface area contributed by atoms with Crippen LogP contribution < -0.4 is 5.73 Å². The van der Waals surface area contributed by atoms with Crippen molar-refractivity contribution < 1.29 is 0 Å². The van der Waals surface area contributed by atoms with E-state index in [1.54, 1.807) is 0 Å². The molecule has 2 N–H and O–H groups in total. The first kappa shape index (κ1) is 12.8. The van der Waals surface area contributed by atoms with Gasteiger partial charge in [-0.2, -0.15) is 0 Å². The van der Waals surface area contributed by atoms with E-state index in [4.69, 9.17) is 5.73 Å². The lowest BCUT2D eigenvalue weighted by molar-refractivity contribution is 0.857. The average Bonchev–Trinajstić information content (AvgIpc) is 2.41. The topological polar surface area (TPSA) is 26.0 Å². The Hall–Kier alpha value is -1.60. The maximum absolute atomic E-state index is 6.38. The van der Waals surface area contributed by atoms with Gasteiger partial charge in [-0.15, -0.1) is 0 Å². The highest BCUT2D eigenvalue weighted by Gasteiger charge is 2.11. The normalized spacial score (nSPS) is 12.4. The van der Waals surface area contributed by atoms with Crippen LogP contribution in [0.3, 0.4) is 0 Å². The fourth-order valence-electron chi connectivity index (χ4n) is 2.25. The summed E-state index contributed by atoms with van der Waals surface area (Å²) in [4.78, 5) is 0. The van der Waals surface area contributed by atoms with Gasteiger partial charge in [0.15, 0.2) is 0 Å². The Morgan fingerprint density at radius 3 is 2.28 bits per heavy atom. The van der Waals surface area contributed by atoms with E-state index in [1.807, 2.05) is 0 Å². The van der Waals surface area contributed by atoms with E-state index in [-0.39, 0.29) is 6.04 Å². The Balaban J connectivity index is 2.35. The summed E-state index contributed by atoms with van der Waals surface area (Å²) in [5.74, 6) is 0. The quantitative estimate of drug-likeness (QED) is 0.863. The highest BCUT2D eigenvalue weighted by Crippen LogP contribution is 2.24. The van der Waals surface area contributed by atoms with Gasteiger partial charge in [0.25, 0.3) is 0 Å². The van der Waals surface area contributed by atoms with Crippen LogP contribution in [0, 0.1) is 13.8 Å². The third-order valence-corrected chi connectivity index (χ3v) is 3.73. The van der Waals surface area contributed by atoms with E-state index in [0.717, 1.165) is 6.42 Å². The molecule has 2 aromatic carbocycles. The molecule has 18 heavy (non-hydrogen) atoms. The van der Waals surface area contributed by atoms with Gasteiger partial charge in [-0.3, -0.25) is 0 Å². The van der Waals surface area contributed by atoms with Gasteiger partial charge in [0.05, 0.1) is 6.04 Å². The van der Waals surface area contributed by atoms with Crippen LogP contribution in [0.15, 0.2) is 42.5 Å². The molecule has 0 aliphatic rings. The molecular formula is C17H21N. The first-order chi connectivity index (χ1) is 8.63. The van der Waals surface area contributed by atoms with Crippen LogP contribution in [0.25, 0.3) is 0 Å². The molecule has 0 aliphatic carbocycles. The molecule has 0 radical (unpaired) electrons. The third-order valence-electron chi connectivity index (χ3n) is 3.73. The molecule has 0 aliphatic heterocycles. The zero-order valence-electron chi connectivity index (χ0n) is 11.4. The maximum atomic E-state index is 6.38. The monoisotopic (exact) mass is 239 g/mol. The predicted molar refractivity (Wildman–Crippen MR) is 77.8 cm³/mol. The Morgan fingerprint density at radius 1 is 1.00 bits per heavy atom. The molecular weight excluding hydrogens is 218 g/mol. The second kappa shape index (κ2) is 5.36. The van der Waals surface area contributed by atoms with Crippen LogP contribution in [0.1, 0.15) is 40.8 Å². The summed E-state index contributed by atoms with van der Waals surface area (Å²) in [6.45, 7) is 6.44. The molecule has 0 spiro atoms. The Bertz CT molecular complexity index is 526. The molecule has 1 nitrogen and oxygen atoms in total. The van der Waals surface area contributed by atoms with Crippen molar-refractivity contribution in [1.29, 1.82) is 0 Å². The molecule has 0 saturated carbocycles. The van der Waals surface area contributed by atoms with Gasteiger partial charge in [-0.25, -0.2) is 0 Å². The highest BCUT2D eigenvalue weighted by atomic mass is 14.6. The van der Waals surface area contributed by atoms with Crippen LogP contribution in [-0.2, 0) is 6.42 Å². The fourth-order valence-corrected chi connectivity index (χ4v) is 2.25. The van der Waals surface area contributed by atoms with Gasteiger partial charge >= 0.3 is 0 Å². The summed E-state index contributed by atoms with van der Waals surface area (Å²) in [6.07, 6.45) is 1.07. The number of benzene rings is 2. The highest BCUT2D eigenvalue weighted by molar-refractivity contribution is 5.40. The van der Waals surface area contributed by atoms with Crippen LogP contribution in [0.5, 0.6) is 0 Å². The smallest absolute Gasteiger partial charge is 0.0554 e. The lowest BCUT2D eigenvalue weighted by atomic mass is 9.93. The van der Waals surface area contributed by atoms with Crippen LogP contribution in [0.4, 0.5) is 0 Å². The summed E-state index contributed by atoms with van der Waals surface area (Å²) in [6, 6.07) is 14.9. The largest absolute Gasteiger partial charge is 0.320 e. The molecule has 0 saturated heterocycles. The first-order valence-corrected chi connectivity index (χ1v) is 6.54. The van der Waals surface area contributed by atoms with Crippen LogP contribution in [-0.4, -0.2) is 0 Å². The summed E-state index contributed by atoms with van der Waals surface area (Å²) in [7, 11) is 0. The minimum Gasteiger partial charge on any atom is -0.320 e. The molecule has 0 bridgehead atoms. The lowest BCUT2D eigenvalue weighted by Crippen LogP contribution is -2.13. The van der Waals surface area contributed by atoms with Crippen molar-refractivity contribution in [3.8, 4) is 0 Å². The van der Waals surface area contributed by atoms with Crippen LogP contribution >= 0.6 is 0 Å². The lowest BCUT2D eigenvalue weighted by Gasteiger charge is -2.17. The minimum absolute atomic E-state index is 0.0317. The minimum atomic E-state index is -0.0317. The zero-order chi connectivity index (χ0) is 13.1. The second-order valence-corrected chi connectivity index (χ2v) is 4.86. The van der Waals surface area contributed by atoms with Crippen molar-refractivity contribution in [2.75, 3.05) is 0 Å². The molecule has 2 aromatic rings. The second-order valence-electron chi connectivity index (χ2n) is 4.86. The van der Waals surface area contributed by atoms with Crippen molar-refractivity contribution in [2.45, 2.75) is 33.2 Å². The molecule has 1 unspecified atom stereocenters. The van der Waals surface area contributed by atoms with Gasteiger partial charge in [-0.05, 0) is 48.1 Å². The zero-order valence-corrected chi connectivity index (χ0v) is 11.4. The van der Waals surface area contributed by atoms with Crippen molar-refractivity contribution in [3.63, 3.8) is 0 Å². The molecule has 0 aromatic heterocycles. The SMILES string of the molecule is CCc1ccc(C(N)c2cccc(C)c2C)cc1. The molecule has 2 rings (SSSR count). The summed E-state index contributed by atoms with van der Waals surface area (Å²) in [5.41, 5.74) is 12.7. The van der Waals surface area contributed by atoms with E-state index in [9.17, 15) is 0 Å². The number of rotatable bonds is 3. The van der Waals surface area contributed by atoms with E-state index in [1.165, 1.54) is 27.8 Å². The first-order valence-electron chi connectivity index (χ1n) is 6.54. The van der Waals surface area contributed by atoms with Crippen LogP contribution in [0.2, 0.25) is 0 Å². The van der Waals surface area contributed by atoms with Gasteiger partial charge in [0, 0.05) is 0 Å². The predicted octanol–water partition coefficient (Wildman–Crippen LogP) is 3.91. The molecule has 94 valence electrons. The number of aryl methyl sites for hydroxylation is 2. The number of hydrogen-bond donors (Lipinski definition) is 1. The Morgan fingerprint density at radius 2 is 1.67 bits per heavy atom. The maximum Gasteiger partial charge on any atom is 0.0554 e. The molecule has 1 atom stereocenters. The molecule has 0 amide bonds. The molecule has 0 fully saturated rings. The average molecular weight is 239 g/mol. The van der Waals surface area contributed by atoms with Gasteiger partial charge < -0.3 is 5.73 Å². The van der Waals surface area contributed by atoms with Crippen molar-refractivity contribution in [1.82, 2.24) is 0 Å².